The van der Waals surface area contributed by atoms with Gasteiger partial charge in [-0.1, -0.05) is 6.07 Å². The van der Waals surface area contributed by atoms with E-state index in [1.807, 2.05) is 61.5 Å². The Bertz CT molecular complexity index is 880. The fraction of sp³-hybridized carbons (Fsp3) is 0.364. The molecular weight excluding hydrogens is 370 g/mol. The van der Waals surface area contributed by atoms with Gasteiger partial charge in [0.25, 0.3) is 5.91 Å². The second-order valence-corrected chi connectivity index (χ2v) is 7.17. The van der Waals surface area contributed by atoms with Gasteiger partial charge in [0.05, 0.1) is 20.6 Å². The van der Waals surface area contributed by atoms with Crippen molar-refractivity contribution < 1.29 is 19.1 Å². The lowest BCUT2D eigenvalue weighted by atomic mass is 10.1. The molecule has 1 fully saturated rings. The maximum Gasteiger partial charge on any atom is 0.252 e. The first-order valence-corrected chi connectivity index (χ1v) is 9.52. The van der Waals surface area contributed by atoms with Crippen molar-refractivity contribution >= 4 is 23.2 Å². The molecule has 1 atom stereocenters. The third-order valence-electron chi connectivity index (χ3n) is 5.04. The first-order valence-electron chi connectivity index (χ1n) is 9.52. The van der Waals surface area contributed by atoms with Gasteiger partial charge in [0, 0.05) is 32.0 Å². The van der Waals surface area contributed by atoms with E-state index in [1.165, 1.54) is 4.90 Å². The smallest absolute Gasteiger partial charge is 0.252 e. The maximum atomic E-state index is 12.7. The van der Waals surface area contributed by atoms with E-state index in [0.29, 0.717) is 24.5 Å². The Labute approximate surface area is 171 Å². The number of rotatable bonds is 8. The SMILES string of the molecule is COc1ccc(CCN2C(=O)CC(Nc3ccc(N(C)C)cc3)C2=O)cc1OC. The normalized spacial score (nSPS) is 16.1. The molecule has 1 saturated heterocycles. The van der Waals surface area contributed by atoms with Crippen LogP contribution in [0.5, 0.6) is 11.5 Å². The van der Waals surface area contributed by atoms with E-state index in [2.05, 4.69) is 5.32 Å². The van der Waals surface area contributed by atoms with Crippen molar-refractivity contribution in [1.82, 2.24) is 4.90 Å². The third kappa shape index (κ3) is 4.62. The van der Waals surface area contributed by atoms with Crippen LogP contribution in [-0.2, 0) is 16.0 Å². The van der Waals surface area contributed by atoms with Gasteiger partial charge in [-0.25, -0.2) is 0 Å². The van der Waals surface area contributed by atoms with Crippen LogP contribution in [0, 0.1) is 0 Å². The fourth-order valence-corrected chi connectivity index (χ4v) is 3.36. The zero-order valence-electron chi connectivity index (χ0n) is 17.3. The van der Waals surface area contributed by atoms with Crippen LogP contribution in [0.3, 0.4) is 0 Å². The van der Waals surface area contributed by atoms with E-state index in [0.717, 1.165) is 16.9 Å². The molecule has 154 valence electrons. The minimum atomic E-state index is -0.530. The molecular formula is C22H27N3O4. The van der Waals surface area contributed by atoms with Gasteiger partial charge in [0.15, 0.2) is 11.5 Å². The zero-order chi connectivity index (χ0) is 21.0. The van der Waals surface area contributed by atoms with E-state index < -0.39 is 6.04 Å². The summed E-state index contributed by atoms with van der Waals surface area (Å²) in [5.74, 6) is 0.934. The number of hydrogen-bond acceptors (Lipinski definition) is 6. The minimum absolute atomic E-state index is 0.155. The average molecular weight is 397 g/mol. The molecule has 2 aromatic rings. The third-order valence-corrected chi connectivity index (χ3v) is 5.04. The van der Waals surface area contributed by atoms with Crippen molar-refractivity contribution in [2.45, 2.75) is 18.9 Å². The summed E-state index contributed by atoms with van der Waals surface area (Å²) in [7, 11) is 7.10. The summed E-state index contributed by atoms with van der Waals surface area (Å²) in [5.41, 5.74) is 2.86. The molecule has 1 N–H and O–H groups in total. The van der Waals surface area contributed by atoms with Crippen molar-refractivity contribution in [3.63, 3.8) is 0 Å². The van der Waals surface area contributed by atoms with Crippen LogP contribution >= 0.6 is 0 Å². The summed E-state index contributed by atoms with van der Waals surface area (Å²) in [5, 5.41) is 3.18. The number of carbonyl (C=O) groups is 2. The first-order chi connectivity index (χ1) is 13.9. The van der Waals surface area contributed by atoms with Crippen molar-refractivity contribution in [1.29, 1.82) is 0 Å². The van der Waals surface area contributed by atoms with Crippen LogP contribution in [0.2, 0.25) is 0 Å². The number of imide groups is 1. The summed E-state index contributed by atoms with van der Waals surface area (Å²) in [6.45, 7) is 0.338. The molecule has 3 rings (SSSR count). The van der Waals surface area contributed by atoms with Crippen LogP contribution in [-0.4, -0.2) is 57.6 Å². The lowest BCUT2D eigenvalue weighted by molar-refractivity contribution is -0.138. The summed E-state index contributed by atoms with van der Waals surface area (Å²) < 4.78 is 10.6. The van der Waals surface area contributed by atoms with Gasteiger partial charge in [0.1, 0.15) is 6.04 Å². The molecule has 0 spiro atoms. The van der Waals surface area contributed by atoms with E-state index in [4.69, 9.17) is 9.47 Å². The van der Waals surface area contributed by atoms with Crippen molar-refractivity contribution in [3.8, 4) is 11.5 Å². The second-order valence-electron chi connectivity index (χ2n) is 7.17. The lowest BCUT2D eigenvalue weighted by Gasteiger charge is -2.17. The number of likely N-dealkylation sites (tertiary alicyclic amines) is 1. The van der Waals surface area contributed by atoms with Gasteiger partial charge >= 0.3 is 0 Å². The van der Waals surface area contributed by atoms with Gasteiger partial charge in [0.2, 0.25) is 5.91 Å². The van der Waals surface area contributed by atoms with Crippen LogP contribution in [0.15, 0.2) is 42.5 Å². The highest BCUT2D eigenvalue weighted by molar-refractivity contribution is 6.06. The number of benzene rings is 2. The number of nitrogens with zero attached hydrogens (tertiary/aromatic N) is 2. The van der Waals surface area contributed by atoms with Crippen molar-refractivity contribution in [2.75, 3.05) is 45.1 Å². The Morgan fingerprint density at radius 1 is 1.03 bits per heavy atom. The molecule has 0 aromatic heterocycles. The summed E-state index contributed by atoms with van der Waals surface area (Å²) in [6.07, 6.45) is 0.724. The molecule has 1 unspecified atom stereocenters. The van der Waals surface area contributed by atoms with Crippen molar-refractivity contribution in [3.05, 3.63) is 48.0 Å². The molecule has 0 bridgehead atoms. The molecule has 7 heteroatoms. The first kappa shape index (κ1) is 20.5. The molecule has 2 amide bonds. The highest BCUT2D eigenvalue weighted by atomic mass is 16.5. The molecule has 1 heterocycles. The number of methoxy groups -OCH3 is 2. The van der Waals surface area contributed by atoms with E-state index in [9.17, 15) is 9.59 Å². The summed E-state index contributed by atoms with van der Waals surface area (Å²) in [4.78, 5) is 28.5. The molecule has 0 saturated carbocycles. The van der Waals surface area contributed by atoms with Gasteiger partial charge < -0.3 is 19.7 Å². The minimum Gasteiger partial charge on any atom is -0.493 e. The van der Waals surface area contributed by atoms with E-state index >= 15 is 0 Å². The topological polar surface area (TPSA) is 71.1 Å². The van der Waals surface area contributed by atoms with Crippen LogP contribution in [0.1, 0.15) is 12.0 Å². The molecule has 0 radical (unpaired) electrons. The van der Waals surface area contributed by atoms with Gasteiger partial charge in [-0.2, -0.15) is 0 Å². The molecule has 0 aliphatic carbocycles. The number of anilines is 2. The maximum absolute atomic E-state index is 12.7. The second kappa shape index (κ2) is 8.86. The zero-order valence-corrected chi connectivity index (χ0v) is 17.3. The van der Waals surface area contributed by atoms with Crippen LogP contribution in [0.4, 0.5) is 11.4 Å². The van der Waals surface area contributed by atoms with Crippen LogP contribution in [0.25, 0.3) is 0 Å². The van der Waals surface area contributed by atoms with Gasteiger partial charge in [-0.05, 0) is 48.4 Å². The molecule has 2 aromatic carbocycles. The average Bonchev–Trinajstić information content (AvgIpc) is 2.99. The lowest BCUT2D eigenvalue weighted by Crippen LogP contribution is -2.36. The Balaban J connectivity index is 1.61. The fourth-order valence-electron chi connectivity index (χ4n) is 3.36. The summed E-state index contributed by atoms with van der Waals surface area (Å²) in [6, 6.07) is 12.8. The van der Waals surface area contributed by atoms with Gasteiger partial charge in [-0.3, -0.25) is 14.5 Å². The quantitative estimate of drug-likeness (QED) is 0.691. The number of ether oxygens (including phenoxy) is 2. The Hall–Kier alpha value is -3.22. The molecule has 29 heavy (non-hydrogen) atoms. The number of nitrogens with one attached hydrogen (secondary N) is 1. The Kier molecular flexibility index (Phi) is 6.26. The molecule has 1 aliphatic rings. The van der Waals surface area contributed by atoms with Gasteiger partial charge in [-0.15, -0.1) is 0 Å². The molecule has 7 nitrogen and oxygen atoms in total. The highest BCUT2D eigenvalue weighted by Gasteiger charge is 2.38. The predicted molar refractivity (Wildman–Crippen MR) is 113 cm³/mol. The Morgan fingerprint density at radius 3 is 2.34 bits per heavy atom. The predicted octanol–water partition coefficient (Wildman–Crippen LogP) is 2.55. The summed E-state index contributed by atoms with van der Waals surface area (Å²) >= 11 is 0. The largest absolute Gasteiger partial charge is 0.493 e. The monoisotopic (exact) mass is 397 g/mol. The molecule has 1 aliphatic heterocycles. The van der Waals surface area contributed by atoms with Crippen molar-refractivity contribution in [2.24, 2.45) is 0 Å². The standard InChI is InChI=1S/C22H27N3O4/c1-24(2)17-8-6-16(7-9-17)23-18-14-21(26)25(22(18)27)12-11-15-5-10-19(28-3)20(13-15)29-4/h5-10,13,18,23H,11-12,14H2,1-4H3. The number of hydrogen-bond donors (Lipinski definition) is 1. The number of amides is 2. The highest BCUT2D eigenvalue weighted by Crippen LogP contribution is 2.28. The van der Waals surface area contributed by atoms with E-state index in [1.54, 1.807) is 14.2 Å². The van der Waals surface area contributed by atoms with Crippen LogP contribution < -0.4 is 19.7 Å². The van der Waals surface area contributed by atoms with E-state index in [-0.39, 0.29) is 18.2 Å². The Morgan fingerprint density at radius 2 is 1.72 bits per heavy atom. The number of carbonyl (C=O) groups excluding carboxylic acids is 2.